The average molecular weight is 647 g/mol. The molecule has 0 atom stereocenters. The van der Waals surface area contributed by atoms with Gasteiger partial charge in [-0.05, 0) is 103 Å². The quantitative estimate of drug-likeness (QED) is 0.180. The Hall–Kier alpha value is -5.66. The van der Waals surface area contributed by atoms with Crippen LogP contribution in [0.3, 0.4) is 0 Å². The van der Waals surface area contributed by atoms with Gasteiger partial charge in [0.1, 0.15) is 0 Å². The molecule has 1 nitrogen and oxygen atoms in total. The lowest BCUT2D eigenvalue weighted by Crippen LogP contribution is -2.18. The molecule has 0 amide bonds. The van der Waals surface area contributed by atoms with Crippen LogP contribution in [-0.4, -0.2) is 0 Å². The third-order valence-electron chi connectivity index (χ3n) is 9.69. The van der Waals surface area contributed by atoms with Gasteiger partial charge in [-0.25, -0.2) is 0 Å². The minimum Gasteiger partial charge on any atom is -0.310 e. The van der Waals surface area contributed by atoms with Crippen molar-refractivity contribution in [1.29, 1.82) is 0 Å². The maximum Gasteiger partial charge on any atom is 0.0629 e. The zero-order chi connectivity index (χ0) is 47.7. The third-order valence-corrected chi connectivity index (χ3v) is 9.69. The van der Waals surface area contributed by atoms with E-state index in [1.807, 2.05) is 42.5 Å². The second-order valence-corrected chi connectivity index (χ2v) is 12.5. The molecule has 2 aliphatic carbocycles. The summed E-state index contributed by atoms with van der Waals surface area (Å²) in [4.78, 5) is 1.69. The van der Waals surface area contributed by atoms with Gasteiger partial charge in [0.15, 0.2) is 0 Å². The first kappa shape index (κ1) is 16.6. The molecule has 9 rings (SSSR count). The summed E-state index contributed by atoms with van der Waals surface area (Å²) in [6, 6.07) is 34.2. The summed E-state index contributed by atoms with van der Waals surface area (Å²) in [6.07, 6.45) is 0. The van der Waals surface area contributed by atoms with Crippen LogP contribution in [0.2, 0.25) is 0 Å². The van der Waals surface area contributed by atoms with Crippen LogP contribution in [-0.2, 0) is 10.8 Å². The summed E-state index contributed by atoms with van der Waals surface area (Å²) < 4.78 is 150. The van der Waals surface area contributed by atoms with Crippen LogP contribution >= 0.6 is 0 Å². The van der Waals surface area contributed by atoms with Crippen LogP contribution in [0.15, 0.2) is 164 Å². The summed E-state index contributed by atoms with van der Waals surface area (Å²) >= 11 is 0. The van der Waals surface area contributed by atoms with Crippen molar-refractivity contribution in [2.24, 2.45) is 0 Å². The lowest BCUT2D eigenvalue weighted by molar-refractivity contribution is 0.660. The zero-order valence-corrected chi connectivity index (χ0v) is 26.1. The van der Waals surface area contributed by atoms with E-state index in [1.165, 1.54) is 36.4 Å². The fourth-order valence-corrected chi connectivity index (χ4v) is 7.38. The lowest BCUT2D eigenvalue weighted by Gasteiger charge is -2.30. The Kier molecular flexibility index (Phi) is 3.71. The maximum absolute atomic E-state index is 9.06. The number of hydrogen-bond acceptors (Lipinski definition) is 1. The number of fused-ring (bicyclic) bond motifs is 6. The van der Waals surface area contributed by atoms with Crippen LogP contribution < -0.4 is 4.90 Å². The Morgan fingerprint density at radius 1 is 0.429 bits per heavy atom. The predicted molar refractivity (Wildman–Crippen MR) is 207 cm³/mol. The largest absolute Gasteiger partial charge is 0.310 e. The minimum absolute atomic E-state index is 0.0308. The van der Waals surface area contributed by atoms with Crippen LogP contribution in [0.1, 0.15) is 73.0 Å². The predicted octanol–water partition coefficient (Wildman–Crippen LogP) is 13.1. The standard InChI is InChI=1S/C48H39N/c1-47(2)42-20-12-11-18-39(42)40-28-26-36(30-44(40)47)49(35-24-22-33(23-25-35)32-14-7-5-8-15-32)37-27-29-41-45(31-37)48(3,4)43-21-13-19-38(46(41)43)34-16-9-6-10-17-34/h5-31H,1-4H3/i1D3,2D3,3D3,4D3,6D,9D,10D,16D,17D. The van der Waals surface area contributed by atoms with Gasteiger partial charge < -0.3 is 4.90 Å². The molecule has 0 aliphatic heterocycles. The summed E-state index contributed by atoms with van der Waals surface area (Å²) in [7, 11) is 0. The molecule has 7 aromatic carbocycles. The van der Waals surface area contributed by atoms with Gasteiger partial charge in [-0.15, -0.1) is 0 Å². The normalized spacial score (nSPS) is 20.5. The Labute approximate surface area is 314 Å². The molecule has 0 unspecified atom stereocenters. The van der Waals surface area contributed by atoms with E-state index < -0.39 is 68.4 Å². The molecule has 2 aliphatic rings. The zero-order valence-electron chi connectivity index (χ0n) is 43.1. The SMILES string of the molecule is [2H]c1c([2H])c([2H])c(-c2cccc3c2-c2ccc(N(c4ccc(-c5ccccc5)cc4)c4ccc5c(c4)C(C([2H])([2H])[2H])(C([2H])([2H])[2H])c4ccccc4-5)cc2C3(C([2H])([2H])[2H])C([2H])([2H])[2H])c([2H])c1[2H]. The highest BCUT2D eigenvalue weighted by Crippen LogP contribution is 2.54. The van der Waals surface area contributed by atoms with Crippen molar-refractivity contribution in [2.45, 2.75) is 38.2 Å². The first-order valence-electron chi connectivity index (χ1n) is 24.5. The number of nitrogens with zero attached hydrogens (tertiary/aromatic N) is 1. The van der Waals surface area contributed by atoms with Crippen molar-refractivity contribution >= 4 is 17.1 Å². The second-order valence-electron chi connectivity index (χ2n) is 12.5. The van der Waals surface area contributed by atoms with Crippen molar-refractivity contribution in [3.8, 4) is 44.5 Å². The molecule has 0 N–H and O–H groups in total. The van der Waals surface area contributed by atoms with Crippen LogP contribution in [0, 0.1) is 0 Å². The molecule has 0 saturated heterocycles. The van der Waals surface area contributed by atoms with E-state index in [1.54, 1.807) is 59.5 Å². The minimum atomic E-state index is -3.27. The van der Waals surface area contributed by atoms with E-state index >= 15 is 0 Å². The maximum atomic E-state index is 9.06. The first-order valence-corrected chi connectivity index (χ1v) is 16.0. The summed E-state index contributed by atoms with van der Waals surface area (Å²) in [5.41, 5.74) is -1.63. The van der Waals surface area contributed by atoms with Crippen molar-refractivity contribution in [3.05, 3.63) is 186 Å². The molecule has 236 valence electrons. The topological polar surface area (TPSA) is 3.24 Å². The number of rotatable bonds is 5. The van der Waals surface area contributed by atoms with E-state index in [9.17, 15) is 0 Å². The molecule has 49 heavy (non-hydrogen) atoms. The Morgan fingerprint density at radius 3 is 1.71 bits per heavy atom. The number of anilines is 3. The molecule has 0 saturated carbocycles. The fraction of sp³-hybridized carbons (Fsp3) is 0.125. The first-order chi connectivity index (χ1) is 30.9. The summed E-state index contributed by atoms with van der Waals surface area (Å²) in [6.45, 7) is -12.7. The van der Waals surface area contributed by atoms with Gasteiger partial charge in [0.2, 0.25) is 0 Å². The monoisotopic (exact) mass is 646 g/mol. The van der Waals surface area contributed by atoms with E-state index in [0.29, 0.717) is 16.8 Å². The third kappa shape index (κ3) is 4.53. The molecular weight excluding hydrogens is 591 g/mol. The van der Waals surface area contributed by atoms with Gasteiger partial charge in [0, 0.05) is 44.3 Å². The molecule has 0 spiro atoms. The summed E-state index contributed by atoms with van der Waals surface area (Å²) in [5.74, 6) is 0. The summed E-state index contributed by atoms with van der Waals surface area (Å²) in [5, 5.41) is 0. The van der Waals surface area contributed by atoms with Crippen molar-refractivity contribution in [1.82, 2.24) is 0 Å². The van der Waals surface area contributed by atoms with Gasteiger partial charge >= 0.3 is 0 Å². The molecule has 7 aromatic rings. The van der Waals surface area contributed by atoms with Gasteiger partial charge in [-0.1, -0.05) is 155 Å². The molecule has 1 heteroatoms. The van der Waals surface area contributed by atoms with E-state index in [2.05, 4.69) is 0 Å². The van der Waals surface area contributed by atoms with Crippen molar-refractivity contribution < 1.29 is 23.3 Å². The Bertz CT molecular complexity index is 3030. The molecule has 0 radical (unpaired) electrons. The van der Waals surface area contributed by atoms with Gasteiger partial charge in [0.05, 0.1) is 6.85 Å². The number of benzene rings is 7. The highest BCUT2D eigenvalue weighted by Gasteiger charge is 2.38. The van der Waals surface area contributed by atoms with Crippen LogP contribution in [0.4, 0.5) is 17.1 Å². The Balaban J connectivity index is 1.35. The van der Waals surface area contributed by atoms with E-state index in [-0.39, 0.29) is 55.9 Å². The molecule has 0 heterocycles. The molecule has 0 aromatic heterocycles. The smallest absolute Gasteiger partial charge is 0.0629 e. The fourth-order valence-electron chi connectivity index (χ4n) is 7.38. The molecule has 0 fully saturated rings. The highest BCUT2D eigenvalue weighted by atomic mass is 15.1. The van der Waals surface area contributed by atoms with Crippen LogP contribution in [0.5, 0.6) is 0 Å². The Morgan fingerprint density at radius 2 is 0.980 bits per heavy atom. The van der Waals surface area contributed by atoms with E-state index in [4.69, 9.17) is 23.3 Å². The van der Waals surface area contributed by atoms with Gasteiger partial charge in [-0.2, -0.15) is 0 Å². The van der Waals surface area contributed by atoms with E-state index in [0.717, 1.165) is 11.1 Å². The molecule has 0 bridgehead atoms. The second kappa shape index (κ2) is 10.9. The van der Waals surface area contributed by atoms with Gasteiger partial charge in [0.25, 0.3) is 0 Å². The van der Waals surface area contributed by atoms with Crippen molar-refractivity contribution in [3.63, 3.8) is 0 Å². The lowest BCUT2D eigenvalue weighted by atomic mass is 9.81. The van der Waals surface area contributed by atoms with Gasteiger partial charge in [-0.3, -0.25) is 0 Å². The van der Waals surface area contributed by atoms with Crippen molar-refractivity contribution in [2.75, 3.05) is 4.90 Å². The highest BCUT2D eigenvalue weighted by molar-refractivity contribution is 5.94. The van der Waals surface area contributed by atoms with Crippen LogP contribution in [0.25, 0.3) is 44.5 Å². The molecular formula is C48H39N. The number of hydrogen-bond donors (Lipinski definition) is 0. The average Bonchev–Trinajstić information content (AvgIpc) is 3.75.